The number of nitrogens with zero attached hydrogens (tertiary/aromatic N) is 1. The fourth-order valence-corrected chi connectivity index (χ4v) is 3.34. The van der Waals surface area contributed by atoms with Gasteiger partial charge in [-0.25, -0.2) is 0 Å². The molecule has 0 spiro atoms. The standard InChI is InChI=1S/C18H24Cl2N/c1-2-3-4-5-6-7-10-13-21-17-12-9-8-11-15(17)16(19)14-18(21)20/h8-9,11-12,14H,2-7,10,13H2,1H3/q+1. The van der Waals surface area contributed by atoms with Crippen molar-refractivity contribution in [1.82, 2.24) is 0 Å². The van der Waals surface area contributed by atoms with Crippen molar-refractivity contribution in [2.75, 3.05) is 0 Å². The summed E-state index contributed by atoms with van der Waals surface area (Å²) in [6, 6.07) is 10.0. The van der Waals surface area contributed by atoms with Crippen molar-refractivity contribution >= 4 is 34.1 Å². The van der Waals surface area contributed by atoms with Crippen molar-refractivity contribution < 1.29 is 4.57 Å². The Balaban J connectivity index is 1.96. The van der Waals surface area contributed by atoms with Crippen LogP contribution in [0.1, 0.15) is 51.9 Å². The zero-order valence-corrected chi connectivity index (χ0v) is 14.3. The summed E-state index contributed by atoms with van der Waals surface area (Å²) in [6.45, 7) is 3.22. The van der Waals surface area contributed by atoms with Crippen molar-refractivity contribution in [3.63, 3.8) is 0 Å². The average Bonchev–Trinajstić information content (AvgIpc) is 2.49. The van der Waals surface area contributed by atoms with Crippen LogP contribution < -0.4 is 4.57 Å². The van der Waals surface area contributed by atoms with E-state index in [9.17, 15) is 0 Å². The fourth-order valence-electron chi connectivity index (χ4n) is 2.74. The maximum Gasteiger partial charge on any atom is 0.276 e. The third-order valence-electron chi connectivity index (χ3n) is 3.94. The molecule has 0 aliphatic carbocycles. The molecule has 1 heterocycles. The van der Waals surface area contributed by atoms with E-state index in [-0.39, 0.29) is 0 Å². The third-order valence-corrected chi connectivity index (χ3v) is 4.57. The van der Waals surface area contributed by atoms with Gasteiger partial charge in [-0.1, -0.05) is 62.8 Å². The molecule has 0 saturated carbocycles. The summed E-state index contributed by atoms with van der Waals surface area (Å²) < 4.78 is 2.18. The van der Waals surface area contributed by atoms with E-state index >= 15 is 0 Å². The van der Waals surface area contributed by atoms with E-state index in [0.29, 0.717) is 0 Å². The van der Waals surface area contributed by atoms with E-state index in [0.717, 1.165) is 27.6 Å². The minimum Gasteiger partial charge on any atom is -0.182 e. The molecule has 114 valence electrons. The molecule has 3 heteroatoms. The molecule has 1 aromatic carbocycles. The van der Waals surface area contributed by atoms with Gasteiger partial charge in [-0.3, -0.25) is 0 Å². The van der Waals surface area contributed by atoms with Gasteiger partial charge in [-0.05, 0) is 24.1 Å². The summed E-state index contributed by atoms with van der Waals surface area (Å²) in [4.78, 5) is 0. The maximum atomic E-state index is 6.37. The molecular weight excluding hydrogens is 301 g/mol. The van der Waals surface area contributed by atoms with Crippen LogP contribution in [0.4, 0.5) is 0 Å². The first-order valence-electron chi connectivity index (χ1n) is 8.00. The number of halogens is 2. The number of hydrogen-bond donors (Lipinski definition) is 0. The van der Waals surface area contributed by atoms with E-state index in [1.807, 2.05) is 18.2 Å². The van der Waals surface area contributed by atoms with Gasteiger partial charge in [0.25, 0.3) is 5.15 Å². The van der Waals surface area contributed by atoms with Gasteiger partial charge in [0, 0.05) is 18.6 Å². The molecule has 0 amide bonds. The minimum atomic E-state index is 0.727. The van der Waals surface area contributed by atoms with E-state index < -0.39 is 0 Å². The Hall–Kier alpha value is -0.790. The lowest BCUT2D eigenvalue weighted by atomic mass is 10.1. The number of hydrogen-bond acceptors (Lipinski definition) is 0. The second-order valence-electron chi connectivity index (χ2n) is 5.61. The molecule has 0 aliphatic heterocycles. The Labute approximate surface area is 137 Å². The molecule has 0 bridgehead atoms. The SMILES string of the molecule is CCCCCCCCC[n+]1c(Cl)cc(Cl)c2ccccc21. The number of unbranched alkanes of at least 4 members (excludes halogenated alkanes) is 6. The summed E-state index contributed by atoms with van der Waals surface area (Å²) in [6.07, 6.45) is 9.16. The van der Waals surface area contributed by atoms with Crippen molar-refractivity contribution in [3.8, 4) is 0 Å². The van der Waals surface area contributed by atoms with Crippen LogP contribution in [0, 0.1) is 0 Å². The van der Waals surface area contributed by atoms with E-state index in [4.69, 9.17) is 23.2 Å². The predicted molar refractivity (Wildman–Crippen MR) is 92.2 cm³/mol. The molecule has 2 aromatic rings. The fraction of sp³-hybridized carbons (Fsp3) is 0.500. The number of aryl methyl sites for hydroxylation is 1. The average molecular weight is 325 g/mol. The Morgan fingerprint density at radius 3 is 2.33 bits per heavy atom. The zero-order valence-electron chi connectivity index (χ0n) is 12.7. The van der Waals surface area contributed by atoms with E-state index in [1.165, 1.54) is 44.9 Å². The monoisotopic (exact) mass is 324 g/mol. The number of pyridine rings is 1. The summed E-state index contributed by atoms with van der Waals surface area (Å²) >= 11 is 12.6. The van der Waals surface area contributed by atoms with Crippen molar-refractivity contribution in [1.29, 1.82) is 0 Å². The maximum absolute atomic E-state index is 6.37. The van der Waals surface area contributed by atoms with Crippen LogP contribution in [0.2, 0.25) is 10.2 Å². The van der Waals surface area contributed by atoms with E-state index in [1.54, 1.807) is 0 Å². The smallest absolute Gasteiger partial charge is 0.182 e. The Morgan fingerprint density at radius 1 is 0.905 bits per heavy atom. The van der Waals surface area contributed by atoms with Gasteiger partial charge in [0.05, 0.1) is 10.4 Å². The molecule has 0 saturated heterocycles. The highest BCUT2D eigenvalue weighted by molar-refractivity contribution is 6.37. The predicted octanol–water partition coefficient (Wildman–Crippen LogP) is 6.18. The Bertz CT molecular complexity index is 581. The lowest BCUT2D eigenvalue weighted by Crippen LogP contribution is -2.36. The molecule has 0 N–H and O–H groups in total. The molecule has 21 heavy (non-hydrogen) atoms. The highest BCUT2D eigenvalue weighted by Gasteiger charge is 2.16. The molecular formula is C18H24Cl2N+. The van der Waals surface area contributed by atoms with Gasteiger partial charge < -0.3 is 0 Å². The second kappa shape index (κ2) is 8.60. The lowest BCUT2D eigenvalue weighted by molar-refractivity contribution is -0.669. The third kappa shape index (κ3) is 4.59. The zero-order chi connectivity index (χ0) is 15.1. The highest BCUT2D eigenvalue weighted by atomic mass is 35.5. The van der Waals surface area contributed by atoms with Gasteiger partial charge >= 0.3 is 0 Å². The quantitative estimate of drug-likeness (QED) is 0.310. The number of rotatable bonds is 8. The number of aromatic nitrogens is 1. The lowest BCUT2D eigenvalue weighted by Gasteiger charge is -2.05. The molecule has 2 rings (SSSR count). The summed E-state index contributed by atoms with van der Waals surface area (Å²) in [7, 11) is 0. The van der Waals surface area contributed by atoms with Crippen molar-refractivity contribution in [3.05, 3.63) is 40.5 Å². The molecule has 0 fully saturated rings. The summed E-state index contributed by atoms with van der Waals surface area (Å²) in [5.74, 6) is 0. The van der Waals surface area contributed by atoms with Crippen LogP contribution in [0.25, 0.3) is 10.9 Å². The molecule has 1 nitrogen and oxygen atoms in total. The van der Waals surface area contributed by atoms with Crippen molar-refractivity contribution in [2.24, 2.45) is 0 Å². The number of para-hydroxylation sites is 1. The van der Waals surface area contributed by atoms with Crippen LogP contribution in [-0.2, 0) is 6.54 Å². The van der Waals surface area contributed by atoms with Gasteiger partial charge in [0.15, 0.2) is 6.54 Å². The van der Waals surface area contributed by atoms with Crippen LogP contribution in [0.15, 0.2) is 30.3 Å². The minimum absolute atomic E-state index is 0.727. The molecule has 0 atom stereocenters. The molecule has 0 radical (unpaired) electrons. The largest absolute Gasteiger partial charge is 0.276 e. The second-order valence-corrected chi connectivity index (χ2v) is 6.40. The first kappa shape index (κ1) is 16.6. The highest BCUT2D eigenvalue weighted by Crippen LogP contribution is 2.23. The van der Waals surface area contributed by atoms with Crippen LogP contribution in [0.5, 0.6) is 0 Å². The Morgan fingerprint density at radius 2 is 1.57 bits per heavy atom. The first-order chi connectivity index (χ1) is 10.2. The van der Waals surface area contributed by atoms with Crippen LogP contribution in [-0.4, -0.2) is 0 Å². The van der Waals surface area contributed by atoms with Crippen LogP contribution >= 0.6 is 23.2 Å². The van der Waals surface area contributed by atoms with Crippen LogP contribution in [0.3, 0.4) is 0 Å². The number of fused-ring (bicyclic) bond motifs is 1. The van der Waals surface area contributed by atoms with Gasteiger partial charge in [0.2, 0.25) is 5.52 Å². The van der Waals surface area contributed by atoms with Gasteiger partial charge in [0.1, 0.15) is 0 Å². The van der Waals surface area contributed by atoms with E-state index in [2.05, 4.69) is 23.6 Å². The molecule has 1 aromatic heterocycles. The normalized spacial score (nSPS) is 11.2. The molecule has 0 aliphatic rings. The summed E-state index contributed by atoms with van der Waals surface area (Å²) in [5.41, 5.74) is 1.13. The van der Waals surface area contributed by atoms with Gasteiger partial charge in [-0.15, -0.1) is 0 Å². The topological polar surface area (TPSA) is 3.88 Å². The first-order valence-corrected chi connectivity index (χ1v) is 8.76. The number of benzene rings is 1. The summed E-state index contributed by atoms with van der Waals surface area (Å²) in [5, 5.41) is 2.53. The van der Waals surface area contributed by atoms with Gasteiger partial charge in [-0.2, -0.15) is 4.57 Å². The van der Waals surface area contributed by atoms with Crippen molar-refractivity contribution in [2.45, 2.75) is 58.4 Å². The molecule has 0 unspecified atom stereocenters. The Kier molecular flexibility index (Phi) is 6.79.